The molecule has 1 aromatic heterocycles. The molecule has 2 nitrogen and oxygen atoms in total. The number of hydrogen-bond acceptors (Lipinski definition) is 2. The van der Waals surface area contributed by atoms with Crippen LogP contribution in [-0.4, -0.2) is 11.0 Å². The highest BCUT2D eigenvalue weighted by molar-refractivity contribution is 6.33. The topological polar surface area (TPSA) is 24.9 Å². The molecule has 0 spiro atoms. The van der Waals surface area contributed by atoms with Crippen molar-refractivity contribution in [3.63, 3.8) is 0 Å². The van der Waals surface area contributed by atoms with Crippen LogP contribution in [0.3, 0.4) is 0 Å². The Bertz CT molecular complexity index is 363. The summed E-state index contributed by atoms with van der Waals surface area (Å²) in [5.41, 5.74) is 1.36. The number of rotatable bonds is 2. The number of aromatic nitrogens is 1. The summed E-state index contributed by atoms with van der Waals surface area (Å²) in [6.45, 7) is 4.66. The van der Waals surface area contributed by atoms with Gasteiger partial charge in [0.15, 0.2) is 0 Å². The maximum Gasteiger partial charge on any atom is 0.0820 e. The summed E-state index contributed by atoms with van der Waals surface area (Å²) in [5.74, 6) is 0. The van der Waals surface area contributed by atoms with E-state index in [1.54, 1.807) is 12.4 Å². The van der Waals surface area contributed by atoms with Crippen molar-refractivity contribution in [1.29, 1.82) is 0 Å². The Kier molecular flexibility index (Phi) is 3.38. The molecule has 16 heavy (non-hydrogen) atoms. The summed E-state index contributed by atoms with van der Waals surface area (Å²) in [6, 6.07) is 2.47. The van der Waals surface area contributed by atoms with Gasteiger partial charge in [-0.05, 0) is 24.3 Å². The quantitative estimate of drug-likeness (QED) is 0.839. The van der Waals surface area contributed by atoms with Crippen molar-refractivity contribution >= 4 is 17.3 Å². The molecule has 1 aliphatic rings. The van der Waals surface area contributed by atoms with Crippen LogP contribution in [0.2, 0.25) is 5.02 Å². The standard InChI is InChI=1S/C13H19ClN2/c1-13(2)7-4-3-5-12(13)16-11-6-8-15-9-10(11)14/h6,8-9,12H,3-5,7H2,1-2H3,(H,15,16). The van der Waals surface area contributed by atoms with E-state index in [2.05, 4.69) is 24.1 Å². The fourth-order valence-electron chi connectivity index (χ4n) is 2.44. The van der Waals surface area contributed by atoms with Crippen LogP contribution in [0.25, 0.3) is 0 Å². The van der Waals surface area contributed by atoms with Crippen LogP contribution in [0.15, 0.2) is 18.5 Å². The van der Waals surface area contributed by atoms with Gasteiger partial charge in [0, 0.05) is 18.4 Å². The number of hydrogen-bond donors (Lipinski definition) is 1. The van der Waals surface area contributed by atoms with Crippen LogP contribution in [0, 0.1) is 5.41 Å². The fraction of sp³-hybridized carbons (Fsp3) is 0.615. The molecule has 1 N–H and O–H groups in total. The summed E-state index contributed by atoms with van der Waals surface area (Å²) >= 11 is 6.11. The summed E-state index contributed by atoms with van der Waals surface area (Å²) < 4.78 is 0. The van der Waals surface area contributed by atoms with E-state index < -0.39 is 0 Å². The Labute approximate surface area is 102 Å². The second kappa shape index (κ2) is 4.62. The van der Waals surface area contributed by atoms with Gasteiger partial charge in [0.1, 0.15) is 0 Å². The SMILES string of the molecule is CC1(C)CCCCC1Nc1ccncc1Cl. The highest BCUT2D eigenvalue weighted by atomic mass is 35.5. The summed E-state index contributed by atoms with van der Waals surface area (Å²) in [4.78, 5) is 4.00. The maximum atomic E-state index is 6.11. The average Bonchev–Trinajstić information content (AvgIpc) is 2.24. The lowest BCUT2D eigenvalue weighted by Gasteiger charge is -2.39. The molecule has 0 bridgehead atoms. The first-order valence-electron chi connectivity index (χ1n) is 5.96. The molecule has 0 saturated heterocycles. The van der Waals surface area contributed by atoms with Crippen molar-refractivity contribution in [2.24, 2.45) is 5.41 Å². The third-order valence-electron chi connectivity index (χ3n) is 3.61. The normalized spacial score (nSPS) is 24.1. The van der Waals surface area contributed by atoms with E-state index in [4.69, 9.17) is 11.6 Å². The van der Waals surface area contributed by atoms with E-state index in [1.807, 2.05) is 6.07 Å². The van der Waals surface area contributed by atoms with Gasteiger partial charge >= 0.3 is 0 Å². The van der Waals surface area contributed by atoms with Gasteiger partial charge in [0.2, 0.25) is 0 Å². The first kappa shape index (κ1) is 11.7. The predicted molar refractivity (Wildman–Crippen MR) is 68.9 cm³/mol. The van der Waals surface area contributed by atoms with Gasteiger partial charge in [-0.15, -0.1) is 0 Å². The van der Waals surface area contributed by atoms with Crippen LogP contribution < -0.4 is 5.32 Å². The minimum absolute atomic E-state index is 0.352. The van der Waals surface area contributed by atoms with Gasteiger partial charge in [-0.2, -0.15) is 0 Å². The minimum Gasteiger partial charge on any atom is -0.380 e. The third-order valence-corrected chi connectivity index (χ3v) is 3.91. The molecule has 0 aromatic carbocycles. The van der Waals surface area contributed by atoms with Gasteiger partial charge in [0.25, 0.3) is 0 Å². The monoisotopic (exact) mass is 238 g/mol. The Morgan fingerprint density at radius 3 is 2.94 bits per heavy atom. The molecule has 1 fully saturated rings. The molecule has 3 heteroatoms. The Balaban J connectivity index is 2.12. The molecule has 0 amide bonds. The van der Waals surface area contributed by atoms with Gasteiger partial charge in [-0.3, -0.25) is 4.98 Å². The lowest BCUT2D eigenvalue weighted by Crippen LogP contribution is -2.38. The van der Waals surface area contributed by atoms with Crippen molar-refractivity contribution in [2.45, 2.75) is 45.6 Å². The molecule has 1 unspecified atom stereocenters. The molecule has 88 valence electrons. The number of pyridine rings is 1. The zero-order chi connectivity index (χ0) is 11.6. The first-order chi connectivity index (χ1) is 7.59. The Morgan fingerprint density at radius 1 is 1.44 bits per heavy atom. The van der Waals surface area contributed by atoms with Crippen LogP contribution in [0.5, 0.6) is 0 Å². The van der Waals surface area contributed by atoms with Crippen LogP contribution in [0.4, 0.5) is 5.69 Å². The fourth-order valence-corrected chi connectivity index (χ4v) is 2.62. The maximum absolute atomic E-state index is 6.11. The molecule has 2 rings (SSSR count). The van der Waals surface area contributed by atoms with Crippen molar-refractivity contribution < 1.29 is 0 Å². The number of nitrogens with zero attached hydrogens (tertiary/aromatic N) is 1. The Morgan fingerprint density at radius 2 is 2.25 bits per heavy atom. The van der Waals surface area contributed by atoms with E-state index >= 15 is 0 Å². The van der Waals surface area contributed by atoms with E-state index in [-0.39, 0.29) is 0 Å². The van der Waals surface area contributed by atoms with Gasteiger partial charge in [-0.25, -0.2) is 0 Å². The lowest BCUT2D eigenvalue weighted by molar-refractivity contribution is 0.217. The van der Waals surface area contributed by atoms with E-state index in [0.29, 0.717) is 16.5 Å². The Hall–Kier alpha value is -0.760. The summed E-state index contributed by atoms with van der Waals surface area (Å²) in [6.07, 6.45) is 8.64. The van der Waals surface area contributed by atoms with Gasteiger partial charge in [-0.1, -0.05) is 38.3 Å². The molecule has 0 aliphatic heterocycles. The molecule has 1 atom stereocenters. The summed E-state index contributed by atoms with van der Waals surface area (Å²) in [7, 11) is 0. The van der Waals surface area contributed by atoms with Crippen molar-refractivity contribution in [3.05, 3.63) is 23.5 Å². The smallest absolute Gasteiger partial charge is 0.0820 e. The van der Waals surface area contributed by atoms with E-state index in [1.165, 1.54) is 25.7 Å². The van der Waals surface area contributed by atoms with Crippen LogP contribution in [-0.2, 0) is 0 Å². The highest BCUT2D eigenvalue weighted by Gasteiger charge is 2.32. The molecule has 0 radical (unpaired) electrons. The zero-order valence-electron chi connectivity index (χ0n) is 9.96. The second-order valence-corrected chi connectivity index (χ2v) is 5.69. The van der Waals surface area contributed by atoms with Crippen molar-refractivity contribution in [2.75, 3.05) is 5.32 Å². The van der Waals surface area contributed by atoms with Crippen LogP contribution >= 0.6 is 11.6 Å². The van der Waals surface area contributed by atoms with E-state index in [0.717, 1.165) is 5.69 Å². The number of nitrogens with one attached hydrogen (secondary N) is 1. The van der Waals surface area contributed by atoms with E-state index in [9.17, 15) is 0 Å². The molecule has 1 aliphatic carbocycles. The molecular formula is C13H19ClN2. The summed E-state index contributed by atoms with van der Waals surface area (Å²) in [5, 5.41) is 4.28. The predicted octanol–water partition coefficient (Wildman–Crippen LogP) is 4.12. The molecule has 1 aromatic rings. The van der Waals surface area contributed by atoms with Crippen molar-refractivity contribution in [3.8, 4) is 0 Å². The lowest BCUT2D eigenvalue weighted by atomic mass is 9.73. The molecule has 1 saturated carbocycles. The third kappa shape index (κ3) is 2.49. The molecule has 1 heterocycles. The second-order valence-electron chi connectivity index (χ2n) is 5.29. The largest absolute Gasteiger partial charge is 0.380 e. The van der Waals surface area contributed by atoms with Gasteiger partial charge < -0.3 is 5.32 Å². The van der Waals surface area contributed by atoms with Gasteiger partial charge in [0.05, 0.1) is 10.7 Å². The first-order valence-corrected chi connectivity index (χ1v) is 6.33. The van der Waals surface area contributed by atoms with Crippen molar-refractivity contribution in [1.82, 2.24) is 4.98 Å². The number of halogens is 1. The average molecular weight is 239 g/mol. The molecular weight excluding hydrogens is 220 g/mol. The number of anilines is 1. The highest BCUT2D eigenvalue weighted by Crippen LogP contribution is 2.38. The minimum atomic E-state index is 0.352. The zero-order valence-corrected chi connectivity index (χ0v) is 10.7. The van der Waals surface area contributed by atoms with Crippen LogP contribution in [0.1, 0.15) is 39.5 Å².